The van der Waals surface area contributed by atoms with E-state index in [0.717, 1.165) is 22.1 Å². The third-order valence-electron chi connectivity index (χ3n) is 4.08. The topological polar surface area (TPSA) is 66.2 Å². The van der Waals surface area contributed by atoms with Crippen molar-refractivity contribution in [3.05, 3.63) is 71.8 Å². The molecule has 3 aromatic heterocycles. The van der Waals surface area contributed by atoms with Gasteiger partial charge in [-0.1, -0.05) is 18.2 Å². The molecule has 0 aliphatic heterocycles. The van der Waals surface area contributed by atoms with Gasteiger partial charge >= 0.3 is 0 Å². The zero-order valence-corrected chi connectivity index (χ0v) is 12.3. The number of pyridine rings is 1. The first-order valence-electron chi connectivity index (χ1n) is 7.35. The lowest BCUT2D eigenvalue weighted by molar-refractivity contribution is 0.267. The molecule has 5 heteroatoms. The second kappa shape index (κ2) is 5.27. The van der Waals surface area contributed by atoms with Crippen molar-refractivity contribution in [3.63, 3.8) is 0 Å². The van der Waals surface area contributed by atoms with Crippen LogP contribution in [0.3, 0.4) is 0 Å². The zero-order valence-electron chi connectivity index (χ0n) is 12.3. The van der Waals surface area contributed by atoms with Crippen LogP contribution in [0.15, 0.2) is 54.9 Å². The molecular weight excluding hydrogens is 288 g/mol. The van der Waals surface area contributed by atoms with Gasteiger partial charge in [0.15, 0.2) is 0 Å². The summed E-state index contributed by atoms with van der Waals surface area (Å²) in [7, 11) is 0. The predicted octanol–water partition coefficient (Wildman–Crippen LogP) is 2.70. The van der Waals surface area contributed by atoms with Gasteiger partial charge in [-0.25, -0.2) is 4.98 Å². The molecule has 3 heterocycles. The maximum absolute atomic E-state index is 9.61. The van der Waals surface area contributed by atoms with Crippen LogP contribution in [0, 0.1) is 11.3 Å². The van der Waals surface area contributed by atoms with Crippen LogP contribution in [0.4, 0.5) is 0 Å². The molecular formula is C18H14N4O. The summed E-state index contributed by atoms with van der Waals surface area (Å²) in [5.41, 5.74) is 4.26. The number of rotatable bonds is 3. The summed E-state index contributed by atoms with van der Waals surface area (Å²) >= 11 is 0. The fourth-order valence-corrected chi connectivity index (χ4v) is 3.02. The van der Waals surface area contributed by atoms with E-state index in [1.165, 1.54) is 0 Å². The number of aliphatic hydroxyl groups is 1. The van der Waals surface area contributed by atoms with E-state index >= 15 is 0 Å². The molecule has 0 unspecified atom stereocenters. The maximum atomic E-state index is 9.61. The van der Waals surface area contributed by atoms with Gasteiger partial charge in [0.25, 0.3) is 0 Å². The van der Waals surface area contributed by atoms with Gasteiger partial charge in [-0.3, -0.25) is 0 Å². The van der Waals surface area contributed by atoms with Crippen LogP contribution in [-0.4, -0.2) is 19.1 Å². The number of aliphatic hydroxyl groups excluding tert-OH is 1. The van der Waals surface area contributed by atoms with Crippen LogP contribution in [0.5, 0.6) is 0 Å². The molecule has 112 valence electrons. The average Bonchev–Trinajstić information content (AvgIpc) is 3.13. The minimum absolute atomic E-state index is 0.135. The molecule has 0 amide bonds. The van der Waals surface area contributed by atoms with E-state index in [-0.39, 0.29) is 6.61 Å². The minimum atomic E-state index is -0.135. The Balaban J connectivity index is 1.90. The third kappa shape index (κ3) is 2.08. The molecule has 4 aromatic rings. The molecule has 0 spiro atoms. The van der Waals surface area contributed by atoms with Crippen molar-refractivity contribution in [2.75, 3.05) is 0 Å². The number of hydrogen-bond donors (Lipinski definition) is 1. The number of nitriles is 1. The Bertz CT molecular complexity index is 1050. The fraction of sp³-hybridized carbons (Fsp3) is 0.111. The molecule has 0 fully saturated rings. The molecule has 0 aliphatic carbocycles. The van der Waals surface area contributed by atoms with E-state index in [0.29, 0.717) is 17.9 Å². The molecule has 4 rings (SSSR count). The zero-order chi connectivity index (χ0) is 15.8. The molecule has 1 N–H and O–H groups in total. The number of fused-ring (bicyclic) bond motifs is 2. The lowest BCUT2D eigenvalue weighted by atomic mass is 10.1. The van der Waals surface area contributed by atoms with E-state index in [4.69, 9.17) is 0 Å². The normalized spacial score (nSPS) is 11.1. The number of benzene rings is 1. The average molecular weight is 302 g/mol. The number of para-hydroxylation sites is 2. The monoisotopic (exact) mass is 302 g/mol. The van der Waals surface area contributed by atoms with Crippen LogP contribution in [0.2, 0.25) is 0 Å². The fourth-order valence-electron chi connectivity index (χ4n) is 3.02. The number of aromatic nitrogens is 3. The highest BCUT2D eigenvalue weighted by atomic mass is 16.3. The molecule has 0 aliphatic rings. The van der Waals surface area contributed by atoms with Crippen molar-refractivity contribution in [2.24, 2.45) is 0 Å². The molecule has 23 heavy (non-hydrogen) atoms. The molecule has 0 radical (unpaired) electrons. The molecule has 0 bridgehead atoms. The standard InChI is InChI=1S/C18H14N4O/c19-9-14-13(10-21-8-4-3-6-16(14)21)11-22-17-7-2-1-5-15(17)20-18(22)12-23/h1-8,10,23H,11-12H2. The Kier molecular flexibility index (Phi) is 3.11. The lowest BCUT2D eigenvalue weighted by Gasteiger charge is -2.06. The number of hydrogen-bond acceptors (Lipinski definition) is 3. The van der Waals surface area contributed by atoms with Crippen LogP contribution >= 0.6 is 0 Å². The summed E-state index contributed by atoms with van der Waals surface area (Å²) in [6, 6.07) is 15.9. The van der Waals surface area contributed by atoms with Gasteiger partial charge in [0, 0.05) is 18.0 Å². The van der Waals surface area contributed by atoms with Crippen molar-refractivity contribution in [3.8, 4) is 6.07 Å². The van der Waals surface area contributed by atoms with Gasteiger partial charge in [0.2, 0.25) is 0 Å². The highest BCUT2D eigenvalue weighted by Gasteiger charge is 2.15. The Morgan fingerprint density at radius 3 is 2.70 bits per heavy atom. The van der Waals surface area contributed by atoms with Gasteiger partial charge in [-0.2, -0.15) is 5.26 Å². The highest BCUT2D eigenvalue weighted by molar-refractivity contribution is 5.76. The van der Waals surface area contributed by atoms with Crippen molar-refractivity contribution in [1.82, 2.24) is 14.0 Å². The Morgan fingerprint density at radius 2 is 1.87 bits per heavy atom. The summed E-state index contributed by atoms with van der Waals surface area (Å²) in [6.45, 7) is 0.366. The second-order valence-electron chi connectivity index (χ2n) is 5.40. The van der Waals surface area contributed by atoms with Gasteiger partial charge in [0.1, 0.15) is 18.5 Å². The minimum Gasteiger partial charge on any atom is -0.388 e. The van der Waals surface area contributed by atoms with Crippen molar-refractivity contribution >= 4 is 16.6 Å². The van der Waals surface area contributed by atoms with Crippen molar-refractivity contribution in [2.45, 2.75) is 13.2 Å². The van der Waals surface area contributed by atoms with E-state index in [1.54, 1.807) is 0 Å². The van der Waals surface area contributed by atoms with Crippen molar-refractivity contribution in [1.29, 1.82) is 5.26 Å². The molecule has 1 aromatic carbocycles. The summed E-state index contributed by atoms with van der Waals surface area (Å²) in [6.07, 6.45) is 3.89. The summed E-state index contributed by atoms with van der Waals surface area (Å²) in [5.74, 6) is 0.602. The van der Waals surface area contributed by atoms with Gasteiger partial charge in [-0.05, 0) is 24.3 Å². The van der Waals surface area contributed by atoms with Gasteiger partial charge in [0.05, 0.1) is 28.7 Å². The van der Waals surface area contributed by atoms with Crippen LogP contribution in [-0.2, 0) is 13.2 Å². The summed E-state index contributed by atoms with van der Waals surface area (Å²) < 4.78 is 3.91. The van der Waals surface area contributed by atoms with Gasteiger partial charge in [-0.15, -0.1) is 0 Å². The van der Waals surface area contributed by atoms with Crippen LogP contribution in [0.1, 0.15) is 17.0 Å². The second-order valence-corrected chi connectivity index (χ2v) is 5.40. The maximum Gasteiger partial charge on any atom is 0.136 e. The first kappa shape index (κ1) is 13.6. The first-order valence-corrected chi connectivity index (χ1v) is 7.35. The number of nitrogens with zero attached hydrogens (tertiary/aromatic N) is 4. The SMILES string of the molecule is N#Cc1c(Cn2c(CO)nc3ccccc32)cn2ccccc12. The van der Waals surface area contributed by atoms with E-state index in [9.17, 15) is 10.4 Å². The van der Waals surface area contributed by atoms with E-state index < -0.39 is 0 Å². The predicted molar refractivity (Wildman–Crippen MR) is 86.9 cm³/mol. The van der Waals surface area contributed by atoms with E-state index in [1.807, 2.05) is 63.8 Å². The summed E-state index contributed by atoms with van der Waals surface area (Å²) in [5, 5.41) is 19.1. The molecule has 0 atom stereocenters. The van der Waals surface area contributed by atoms with Crippen LogP contribution < -0.4 is 0 Å². The third-order valence-corrected chi connectivity index (χ3v) is 4.08. The Hall–Kier alpha value is -3.10. The Labute approximate surface area is 132 Å². The lowest BCUT2D eigenvalue weighted by Crippen LogP contribution is -2.05. The summed E-state index contributed by atoms with van der Waals surface area (Å²) in [4.78, 5) is 4.46. The number of imidazole rings is 1. The Morgan fingerprint density at radius 1 is 1.09 bits per heavy atom. The largest absolute Gasteiger partial charge is 0.388 e. The smallest absolute Gasteiger partial charge is 0.136 e. The quantitative estimate of drug-likeness (QED) is 0.633. The van der Waals surface area contributed by atoms with Gasteiger partial charge < -0.3 is 14.1 Å². The molecule has 0 saturated heterocycles. The van der Waals surface area contributed by atoms with Crippen LogP contribution in [0.25, 0.3) is 16.6 Å². The van der Waals surface area contributed by atoms with Crippen molar-refractivity contribution < 1.29 is 5.11 Å². The molecule has 5 nitrogen and oxygen atoms in total. The molecule has 0 saturated carbocycles. The highest BCUT2D eigenvalue weighted by Crippen LogP contribution is 2.22. The first-order chi connectivity index (χ1) is 11.3. The van der Waals surface area contributed by atoms with E-state index in [2.05, 4.69) is 11.1 Å².